The maximum atomic E-state index is 13.1. The lowest BCUT2D eigenvalue weighted by atomic mass is 10.1. The smallest absolute Gasteiger partial charge is 0.417 e. The highest BCUT2D eigenvalue weighted by molar-refractivity contribution is 6.08. The van der Waals surface area contributed by atoms with Crippen LogP contribution in [0, 0.1) is 13.8 Å². The van der Waals surface area contributed by atoms with E-state index in [2.05, 4.69) is 20.4 Å². The largest absolute Gasteiger partial charge is 0.475 e. The van der Waals surface area contributed by atoms with Crippen molar-refractivity contribution >= 4 is 27.8 Å². The highest BCUT2D eigenvalue weighted by atomic mass is 19.4. The Kier molecular flexibility index (Phi) is 4.14. The Labute approximate surface area is 173 Å². The molecule has 10 heteroatoms. The van der Waals surface area contributed by atoms with E-state index in [0.717, 1.165) is 34.2 Å². The zero-order chi connectivity index (χ0) is 21.9. The molecule has 1 N–H and O–H groups in total. The van der Waals surface area contributed by atoms with Crippen LogP contribution in [0.25, 0.3) is 21.8 Å². The molecule has 7 nitrogen and oxygen atoms in total. The molecule has 4 heterocycles. The number of carbonyl (C=O) groups excluding carboxylic acids is 1. The molecule has 0 radical (unpaired) electrons. The maximum Gasteiger partial charge on any atom is 0.417 e. The summed E-state index contributed by atoms with van der Waals surface area (Å²) in [5, 5.41) is 8.63. The van der Waals surface area contributed by atoms with Gasteiger partial charge in [0.2, 0.25) is 5.88 Å². The molecule has 0 aliphatic carbocycles. The Balaban J connectivity index is 1.56. The van der Waals surface area contributed by atoms with E-state index in [9.17, 15) is 18.0 Å². The summed E-state index contributed by atoms with van der Waals surface area (Å²) in [7, 11) is 0. The highest BCUT2D eigenvalue weighted by Crippen LogP contribution is 2.36. The van der Waals surface area contributed by atoms with Crippen LogP contribution in [0.4, 0.5) is 18.0 Å². The fourth-order valence-corrected chi connectivity index (χ4v) is 3.94. The van der Waals surface area contributed by atoms with Crippen LogP contribution >= 0.6 is 0 Å². The molecule has 158 valence electrons. The van der Waals surface area contributed by atoms with Gasteiger partial charge in [-0.15, -0.1) is 0 Å². The van der Waals surface area contributed by atoms with Gasteiger partial charge in [0.25, 0.3) is 0 Å². The fraction of sp³-hybridized carbons (Fsp3) is 0.238. The number of benzene rings is 1. The second kappa shape index (κ2) is 6.66. The number of pyridine rings is 2. The van der Waals surface area contributed by atoms with Crippen LogP contribution in [0.5, 0.6) is 5.88 Å². The van der Waals surface area contributed by atoms with Gasteiger partial charge in [-0.1, -0.05) is 18.2 Å². The Morgan fingerprint density at radius 1 is 1.23 bits per heavy atom. The van der Waals surface area contributed by atoms with Crippen molar-refractivity contribution in [2.24, 2.45) is 0 Å². The van der Waals surface area contributed by atoms with Crippen LogP contribution in [0.15, 0.2) is 36.5 Å². The maximum absolute atomic E-state index is 13.1. The minimum absolute atomic E-state index is 0.0190. The van der Waals surface area contributed by atoms with Crippen molar-refractivity contribution < 1.29 is 22.7 Å². The van der Waals surface area contributed by atoms with Crippen LogP contribution in [-0.4, -0.2) is 32.4 Å². The molecule has 1 atom stereocenters. The summed E-state index contributed by atoms with van der Waals surface area (Å²) in [6.07, 6.45) is -3.83. The lowest BCUT2D eigenvalue weighted by Gasteiger charge is -2.13. The Morgan fingerprint density at radius 2 is 2.00 bits per heavy atom. The van der Waals surface area contributed by atoms with Crippen LogP contribution in [-0.2, 0) is 6.18 Å². The van der Waals surface area contributed by atoms with Crippen molar-refractivity contribution in [3.05, 3.63) is 59.0 Å². The van der Waals surface area contributed by atoms with Gasteiger partial charge >= 0.3 is 12.2 Å². The summed E-state index contributed by atoms with van der Waals surface area (Å²) in [6, 6.07) is 6.98. The van der Waals surface area contributed by atoms with Gasteiger partial charge in [0, 0.05) is 28.2 Å². The second-order valence-electron chi connectivity index (χ2n) is 7.36. The number of amides is 1. The number of fused-ring (bicyclic) bond motifs is 4. The third kappa shape index (κ3) is 3.06. The van der Waals surface area contributed by atoms with Crippen LogP contribution in [0.1, 0.15) is 28.6 Å². The Hall–Kier alpha value is -3.69. The molecule has 1 aliphatic heterocycles. The lowest BCUT2D eigenvalue weighted by Crippen LogP contribution is -2.34. The van der Waals surface area contributed by atoms with Gasteiger partial charge in [-0.3, -0.25) is 4.98 Å². The number of aromatic nitrogens is 4. The molecule has 0 bridgehead atoms. The highest BCUT2D eigenvalue weighted by Gasteiger charge is 2.35. The summed E-state index contributed by atoms with van der Waals surface area (Å²) >= 11 is 0. The van der Waals surface area contributed by atoms with E-state index in [1.165, 1.54) is 4.68 Å². The molecule has 5 rings (SSSR count). The fourth-order valence-electron chi connectivity index (χ4n) is 3.94. The van der Waals surface area contributed by atoms with E-state index in [4.69, 9.17) is 4.74 Å². The topological polar surface area (TPSA) is 81.9 Å². The number of halogens is 3. The molecule has 0 unspecified atom stereocenters. The van der Waals surface area contributed by atoms with Gasteiger partial charge < -0.3 is 10.1 Å². The summed E-state index contributed by atoms with van der Waals surface area (Å²) in [4.78, 5) is 21.5. The molecule has 0 saturated heterocycles. The van der Waals surface area contributed by atoms with Crippen molar-refractivity contribution in [2.75, 3.05) is 6.61 Å². The molecule has 31 heavy (non-hydrogen) atoms. The lowest BCUT2D eigenvalue weighted by molar-refractivity contribution is -0.137. The summed E-state index contributed by atoms with van der Waals surface area (Å²) in [5.74, 6) is 0.0744. The van der Waals surface area contributed by atoms with Gasteiger partial charge in [0.05, 0.1) is 28.3 Å². The quantitative estimate of drug-likeness (QED) is 0.490. The molecule has 0 saturated carbocycles. The van der Waals surface area contributed by atoms with E-state index in [1.54, 1.807) is 6.92 Å². The van der Waals surface area contributed by atoms with Gasteiger partial charge in [0.15, 0.2) is 0 Å². The second-order valence-corrected chi connectivity index (χ2v) is 7.36. The number of aryl methyl sites for hydroxylation is 2. The van der Waals surface area contributed by atoms with Crippen molar-refractivity contribution in [2.45, 2.75) is 26.1 Å². The standard InChI is InChI=1S/C21H16F3N5O2/c1-10-17-11(2)28-29(18(17)13-5-3-4-6-15(13)26-10)20(30)27-16-9-31-19-14(16)7-12(8-25-19)21(22,23)24/h3-8,16H,9H2,1-2H3,(H,27,30)/t16-/m1/s1. The van der Waals surface area contributed by atoms with Gasteiger partial charge in [-0.2, -0.15) is 23.0 Å². The molecule has 1 amide bonds. The van der Waals surface area contributed by atoms with Gasteiger partial charge in [-0.05, 0) is 26.0 Å². The first-order valence-corrected chi connectivity index (χ1v) is 9.49. The number of nitrogens with one attached hydrogen (secondary N) is 1. The zero-order valence-electron chi connectivity index (χ0n) is 16.5. The molecule has 1 aliphatic rings. The third-order valence-electron chi connectivity index (χ3n) is 5.33. The number of alkyl halides is 3. The molecule has 0 fully saturated rings. The molecular formula is C21H16F3N5O2. The summed E-state index contributed by atoms with van der Waals surface area (Å²) in [6.45, 7) is 3.61. The monoisotopic (exact) mass is 427 g/mol. The van der Waals surface area contributed by atoms with Crippen LogP contribution < -0.4 is 10.1 Å². The molecule has 1 aromatic carbocycles. The normalized spacial score (nSPS) is 15.8. The Bertz CT molecular complexity index is 1360. The van der Waals surface area contributed by atoms with Gasteiger partial charge in [0.1, 0.15) is 6.61 Å². The molecule has 0 spiro atoms. The van der Waals surface area contributed by atoms with E-state index in [-0.39, 0.29) is 18.1 Å². The molecule has 3 aromatic heterocycles. The average molecular weight is 427 g/mol. The predicted octanol–water partition coefficient (Wildman–Crippen LogP) is 4.31. The molecular weight excluding hydrogens is 411 g/mol. The first kappa shape index (κ1) is 19.3. The number of hydrogen-bond acceptors (Lipinski definition) is 5. The number of ether oxygens (including phenoxy) is 1. The van der Waals surface area contributed by atoms with Crippen LogP contribution in [0.2, 0.25) is 0 Å². The van der Waals surface area contributed by atoms with Crippen molar-refractivity contribution in [1.82, 2.24) is 25.1 Å². The summed E-state index contributed by atoms with van der Waals surface area (Å²) in [5.41, 5.74) is 1.96. The van der Waals surface area contributed by atoms with E-state index in [0.29, 0.717) is 11.2 Å². The van der Waals surface area contributed by atoms with Crippen LogP contribution in [0.3, 0.4) is 0 Å². The van der Waals surface area contributed by atoms with E-state index in [1.807, 2.05) is 31.2 Å². The van der Waals surface area contributed by atoms with Crippen molar-refractivity contribution in [3.8, 4) is 5.88 Å². The minimum atomic E-state index is -4.54. The van der Waals surface area contributed by atoms with Crippen molar-refractivity contribution in [1.29, 1.82) is 0 Å². The zero-order valence-corrected chi connectivity index (χ0v) is 16.5. The number of carbonyl (C=O) groups is 1. The predicted molar refractivity (Wildman–Crippen MR) is 106 cm³/mol. The molecule has 4 aromatic rings. The van der Waals surface area contributed by atoms with Crippen molar-refractivity contribution in [3.63, 3.8) is 0 Å². The SMILES string of the molecule is Cc1nc2ccccc2c2c1c(C)nn2C(=O)N[C@@H]1COc2ncc(C(F)(F)F)cc21. The van der Waals surface area contributed by atoms with Gasteiger partial charge in [-0.25, -0.2) is 9.78 Å². The van der Waals surface area contributed by atoms with E-state index < -0.39 is 23.8 Å². The van der Waals surface area contributed by atoms with E-state index >= 15 is 0 Å². The number of para-hydroxylation sites is 1. The Morgan fingerprint density at radius 3 is 2.77 bits per heavy atom. The number of nitrogens with zero attached hydrogens (tertiary/aromatic N) is 4. The number of hydrogen-bond donors (Lipinski definition) is 1. The average Bonchev–Trinajstić information content (AvgIpc) is 3.29. The first-order valence-electron chi connectivity index (χ1n) is 9.49. The summed E-state index contributed by atoms with van der Waals surface area (Å²) < 4.78 is 45.9. The number of rotatable bonds is 1. The third-order valence-corrected chi connectivity index (χ3v) is 5.33. The minimum Gasteiger partial charge on any atom is -0.475 e. The first-order chi connectivity index (χ1) is 14.7.